The number of amides is 1. The molecule has 1 aromatic carbocycles. The predicted molar refractivity (Wildman–Crippen MR) is 107 cm³/mol. The van der Waals surface area contributed by atoms with Gasteiger partial charge < -0.3 is 14.2 Å². The first-order valence-electron chi connectivity index (χ1n) is 9.47. The van der Waals surface area contributed by atoms with Crippen molar-refractivity contribution in [2.45, 2.75) is 25.7 Å². The highest BCUT2D eigenvalue weighted by Gasteiger charge is 2.26. The summed E-state index contributed by atoms with van der Waals surface area (Å²) in [4.78, 5) is 19.3. The van der Waals surface area contributed by atoms with Gasteiger partial charge in [-0.1, -0.05) is 23.4 Å². The first kappa shape index (κ1) is 18.7. The fourth-order valence-corrected chi connectivity index (χ4v) is 4.31. The number of aromatic nitrogens is 2. The third-order valence-electron chi connectivity index (χ3n) is 5.12. The number of nitrogens with zero attached hydrogens (tertiary/aromatic N) is 3. The van der Waals surface area contributed by atoms with Gasteiger partial charge in [-0.25, -0.2) is 0 Å². The Balaban J connectivity index is 1.37. The van der Waals surface area contributed by atoms with Crippen LogP contribution in [0.4, 0.5) is 0 Å². The summed E-state index contributed by atoms with van der Waals surface area (Å²) in [5.74, 6) is 2.52. The number of para-hydroxylation sites is 1. The minimum absolute atomic E-state index is 0.138. The van der Waals surface area contributed by atoms with Crippen molar-refractivity contribution >= 4 is 17.2 Å². The highest BCUT2D eigenvalue weighted by Crippen LogP contribution is 2.25. The lowest BCUT2D eigenvalue weighted by molar-refractivity contribution is -0.132. The first-order valence-corrected chi connectivity index (χ1v) is 10.4. The molecule has 1 amide bonds. The third kappa shape index (κ3) is 4.25. The van der Waals surface area contributed by atoms with Crippen LogP contribution >= 0.6 is 11.3 Å². The number of carbonyl (C=O) groups is 1. The van der Waals surface area contributed by atoms with E-state index in [1.807, 2.05) is 46.0 Å². The fraction of sp³-hybridized carbons (Fsp3) is 0.381. The summed E-state index contributed by atoms with van der Waals surface area (Å²) < 4.78 is 10.8. The molecule has 1 aliphatic rings. The average molecular weight is 398 g/mol. The van der Waals surface area contributed by atoms with E-state index in [0.717, 1.165) is 42.8 Å². The molecule has 2 aromatic heterocycles. The molecule has 0 saturated carbocycles. The van der Waals surface area contributed by atoms with Gasteiger partial charge in [-0.3, -0.25) is 4.79 Å². The molecule has 0 spiro atoms. The van der Waals surface area contributed by atoms with Gasteiger partial charge in [-0.15, -0.1) is 0 Å². The lowest BCUT2D eigenvalue weighted by atomic mass is 9.94. The minimum Gasteiger partial charge on any atom is -0.496 e. The summed E-state index contributed by atoms with van der Waals surface area (Å²) in [5, 5.41) is 8.08. The van der Waals surface area contributed by atoms with Gasteiger partial charge in [0, 0.05) is 36.0 Å². The zero-order valence-corrected chi connectivity index (χ0v) is 16.7. The van der Waals surface area contributed by atoms with Crippen LogP contribution in [0.1, 0.15) is 24.3 Å². The predicted octanol–water partition coefficient (Wildman–Crippen LogP) is 3.83. The number of piperidine rings is 1. The normalized spacial score (nSPS) is 16.9. The Morgan fingerprint density at radius 1 is 1.36 bits per heavy atom. The van der Waals surface area contributed by atoms with Gasteiger partial charge >= 0.3 is 0 Å². The lowest BCUT2D eigenvalue weighted by Crippen LogP contribution is -2.41. The van der Waals surface area contributed by atoms with E-state index in [0.29, 0.717) is 30.5 Å². The van der Waals surface area contributed by atoms with Crippen molar-refractivity contribution < 1.29 is 14.1 Å². The van der Waals surface area contributed by atoms with Gasteiger partial charge in [0.15, 0.2) is 0 Å². The number of rotatable bonds is 6. The molecule has 28 heavy (non-hydrogen) atoms. The van der Waals surface area contributed by atoms with Crippen molar-refractivity contribution in [3.05, 3.63) is 52.5 Å². The van der Waals surface area contributed by atoms with Crippen LogP contribution in [-0.4, -0.2) is 41.1 Å². The number of thiophene rings is 1. The zero-order valence-electron chi connectivity index (χ0n) is 15.8. The molecule has 6 nitrogen and oxygen atoms in total. The molecule has 7 heteroatoms. The van der Waals surface area contributed by atoms with Crippen molar-refractivity contribution in [2.24, 2.45) is 5.92 Å². The van der Waals surface area contributed by atoms with Crippen LogP contribution in [0.5, 0.6) is 5.75 Å². The van der Waals surface area contributed by atoms with Crippen molar-refractivity contribution in [3.8, 4) is 17.1 Å². The van der Waals surface area contributed by atoms with E-state index in [2.05, 4.69) is 10.1 Å². The Labute approximate surface area is 168 Å². The van der Waals surface area contributed by atoms with Gasteiger partial charge in [0.25, 0.3) is 0 Å². The maximum atomic E-state index is 12.8. The van der Waals surface area contributed by atoms with Gasteiger partial charge in [0.05, 0.1) is 13.5 Å². The second-order valence-corrected chi connectivity index (χ2v) is 7.84. The number of hydrogen-bond acceptors (Lipinski definition) is 6. The number of benzene rings is 1. The van der Waals surface area contributed by atoms with E-state index in [9.17, 15) is 4.79 Å². The molecule has 1 unspecified atom stereocenters. The molecule has 1 atom stereocenters. The third-order valence-corrected chi connectivity index (χ3v) is 5.80. The van der Waals surface area contributed by atoms with E-state index in [1.165, 1.54) is 0 Å². The van der Waals surface area contributed by atoms with Gasteiger partial charge in [-0.2, -0.15) is 16.3 Å². The summed E-state index contributed by atoms with van der Waals surface area (Å²) in [6, 6.07) is 9.67. The number of carbonyl (C=O) groups excluding carboxylic acids is 1. The Bertz CT molecular complexity index is 923. The molecule has 3 heterocycles. The summed E-state index contributed by atoms with van der Waals surface area (Å²) in [6.45, 7) is 1.53. The molecule has 4 rings (SSSR count). The SMILES string of the molecule is COc1ccccc1CC(=O)N1CCCC(Cc2nc(-c3ccsc3)no2)C1. The monoisotopic (exact) mass is 397 g/mol. The van der Waals surface area contributed by atoms with E-state index >= 15 is 0 Å². The maximum absolute atomic E-state index is 12.8. The Morgan fingerprint density at radius 3 is 3.07 bits per heavy atom. The van der Waals surface area contributed by atoms with E-state index in [-0.39, 0.29) is 5.91 Å². The molecule has 146 valence electrons. The van der Waals surface area contributed by atoms with Crippen LogP contribution in [-0.2, 0) is 17.6 Å². The van der Waals surface area contributed by atoms with E-state index in [1.54, 1.807) is 18.4 Å². The number of ether oxygens (including phenoxy) is 1. The lowest BCUT2D eigenvalue weighted by Gasteiger charge is -2.32. The number of hydrogen-bond donors (Lipinski definition) is 0. The summed E-state index contributed by atoms with van der Waals surface area (Å²) in [5.41, 5.74) is 1.91. The fourth-order valence-electron chi connectivity index (χ4n) is 3.68. The summed E-state index contributed by atoms with van der Waals surface area (Å²) in [6.07, 6.45) is 3.12. The second kappa shape index (κ2) is 8.56. The Morgan fingerprint density at radius 2 is 2.25 bits per heavy atom. The van der Waals surface area contributed by atoms with Crippen LogP contribution in [0.15, 0.2) is 45.6 Å². The number of likely N-dealkylation sites (tertiary alicyclic amines) is 1. The van der Waals surface area contributed by atoms with Crippen LogP contribution in [0, 0.1) is 5.92 Å². The molecular weight excluding hydrogens is 374 g/mol. The maximum Gasteiger partial charge on any atom is 0.227 e. The largest absolute Gasteiger partial charge is 0.496 e. The van der Waals surface area contributed by atoms with Crippen molar-refractivity contribution in [1.82, 2.24) is 15.0 Å². The second-order valence-electron chi connectivity index (χ2n) is 7.06. The van der Waals surface area contributed by atoms with Crippen molar-refractivity contribution in [2.75, 3.05) is 20.2 Å². The number of methoxy groups -OCH3 is 1. The molecule has 0 N–H and O–H groups in total. The molecule has 1 fully saturated rings. The standard InChI is InChI=1S/C21H23N3O3S/c1-26-18-7-3-2-6-16(18)12-20(25)24-9-4-5-15(13-24)11-19-22-21(23-27-19)17-8-10-28-14-17/h2-3,6-8,10,14-15H,4-5,9,11-13H2,1H3. The molecule has 0 aliphatic carbocycles. The van der Waals surface area contributed by atoms with Crippen LogP contribution in [0.2, 0.25) is 0 Å². The quantitative estimate of drug-likeness (QED) is 0.632. The molecule has 0 radical (unpaired) electrons. The molecule has 0 bridgehead atoms. The topological polar surface area (TPSA) is 68.5 Å². The van der Waals surface area contributed by atoms with Crippen LogP contribution in [0.25, 0.3) is 11.4 Å². The van der Waals surface area contributed by atoms with E-state index in [4.69, 9.17) is 9.26 Å². The molecule has 1 aliphatic heterocycles. The van der Waals surface area contributed by atoms with Gasteiger partial charge in [0.1, 0.15) is 5.75 Å². The van der Waals surface area contributed by atoms with E-state index < -0.39 is 0 Å². The Kier molecular flexibility index (Phi) is 5.71. The highest BCUT2D eigenvalue weighted by molar-refractivity contribution is 7.08. The highest BCUT2D eigenvalue weighted by atomic mass is 32.1. The summed E-state index contributed by atoms with van der Waals surface area (Å²) >= 11 is 1.61. The van der Waals surface area contributed by atoms with Gasteiger partial charge in [0.2, 0.25) is 17.6 Å². The van der Waals surface area contributed by atoms with Crippen molar-refractivity contribution in [3.63, 3.8) is 0 Å². The first-order chi connectivity index (χ1) is 13.7. The van der Waals surface area contributed by atoms with Gasteiger partial charge in [-0.05, 0) is 36.3 Å². The average Bonchev–Trinajstić information content (AvgIpc) is 3.40. The molecular formula is C21H23N3O3S. The Hall–Kier alpha value is -2.67. The molecule has 1 saturated heterocycles. The molecule has 3 aromatic rings. The van der Waals surface area contributed by atoms with Crippen molar-refractivity contribution in [1.29, 1.82) is 0 Å². The minimum atomic E-state index is 0.138. The van der Waals surface area contributed by atoms with Crippen LogP contribution in [0.3, 0.4) is 0 Å². The smallest absolute Gasteiger partial charge is 0.227 e. The van der Waals surface area contributed by atoms with Crippen LogP contribution < -0.4 is 4.74 Å². The summed E-state index contributed by atoms with van der Waals surface area (Å²) in [7, 11) is 1.63. The zero-order chi connectivity index (χ0) is 19.3.